The molecule has 1 saturated heterocycles. The molecular weight excluding hydrogens is 404 g/mol. The van der Waals surface area contributed by atoms with Crippen molar-refractivity contribution in [3.05, 3.63) is 11.1 Å². The summed E-state index contributed by atoms with van der Waals surface area (Å²) in [5.74, 6) is -1.93. The van der Waals surface area contributed by atoms with Crippen LogP contribution in [0.2, 0.25) is 0 Å². The second kappa shape index (κ2) is 9.14. The highest BCUT2D eigenvalue weighted by atomic mass is 35.5. The van der Waals surface area contributed by atoms with Crippen LogP contribution in [0.15, 0.2) is 10.5 Å². The largest absolute Gasteiger partial charge is 0.447 e. The summed E-state index contributed by atoms with van der Waals surface area (Å²) >= 11 is 6.45. The molecule has 0 aliphatic carbocycles. The molecule has 0 saturated carbocycles. The van der Waals surface area contributed by atoms with Gasteiger partial charge in [0.25, 0.3) is 5.91 Å². The molecule has 1 fully saturated rings. The van der Waals surface area contributed by atoms with E-state index in [9.17, 15) is 19.2 Å². The molecule has 14 heteroatoms. The minimum absolute atomic E-state index is 0.119. The predicted octanol–water partition coefficient (Wildman–Crippen LogP) is -1.25. The summed E-state index contributed by atoms with van der Waals surface area (Å²) in [5.41, 5.74) is 4.78. The number of aromatic nitrogens is 1. The highest BCUT2D eigenvalue weighted by Gasteiger charge is 2.42. The predicted molar refractivity (Wildman–Crippen MR) is 94.4 cm³/mol. The number of nitrogens with two attached hydrogens (primary N) is 1. The van der Waals surface area contributed by atoms with Crippen LogP contribution in [-0.2, 0) is 24.0 Å². The Labute approximate surface area is 161 Å². The number of amides is 4. The van der Waals surface area contributed by atoms with Gasteiger partial charge in [-0.05, 0) is 0 Å². The first-order chi connectivity index (χ1) is 12.8. The zero-order valence-corrected chi connectivity index (χ0v) is 15.4. The smallest absolute Gasteiger partial charge is 0.404 e. The van der Waals surface area contributed by atoms with Gasteiger partial charge >= 0.3 is 6.09 Å². The zero-order chi connectivity index (χ0) is 20.0. The van der Waals surface area contributed by atoms with Gasteiger partial charge in [0.2, 0.25) is 11.8 Å². The summed E-state index contributed by atoms with van der Waals surface area (Å²) in [4.78, 5) is 54.8. The number of nitrogens with one attached hydrogen (secondary N) is 3. The van der Waals surface area contributed by atoms with E-state index in [1.165, 1.54) is 12.5 Å². The van der Waals surface area contributed by atoms with Crippen LogP contribution in [0, 0.1) is 0 Å². The van der Waals surface area contributed by atoms with Crippen molar-refractivity contribution < 1.29 is 28.8 Å². The lowest BCUT2D eigenvalue weighted by Gasteiger charge is -2.36. The quantitative estimate of drug-likeness (QED) is 0.176. The van der Waals surface area contributed by atoms with Gasteiger partial charge in [0.05, 0.1) is 6.04 Å². The number of nitrogens with zero attached hydrogens (tertiary/aromatic N) is 2. The summed E-state index contributed by atoms with van der Waals surface area (Å²) in [6, 6.07) is -1.58. The minimum Gasteiger partial charge on any atom is -0.447 e. The highest BCUT2D eigenvalue weighted by Crippen LogP contribution is 2.17. The van der Waals surface area contributed by atoms with Crippen LogP contribution >= 0.6 is 22.9 Å². The molecule has 5 N–H and O–H groups in total. The van der Waals surface area contributed by atoms with Crippen molar-refractivity contribution >= 4 is 57.6 Å². The number of thiazole rings is 1. The Bertz CT molecular complexity index is 783. The van der Waals surface area contributed by atoms with E-state index < -0.39 is 35.9 Å². The average Bonchev–Trinajstić information content (AvgIpc) is 3.08. The van der Waals surface area contributed by atoms with Crippen molar-refractivity contribution in [3.63, 3.8) is 0 Å². The summed E-state index contributed by atoms with van der Waals surface area (Å²) in [5, 5.41) is 12.6. The maximum atomic E-state index is 12.5. The molecule has 12 nitrogen and oxygen atoms in total. The van der Waals surface area contributed by atoms with Gasteiger partial charge in [-0.15, -0.1) is 22.9 Å². The van der Waals surface area contributed by atoms with Gasteiger partial charge in [-0.25, -0.2) is 9.78 Å². The van der Waals surface area contributed by atoms with Crippen LogP contribution in [0.4, 0.5) is 9.93 Å². The summed E-state index contributed by atoms with van der Waals surface area (Å²) in [6.45, 7) is -0.200. The molecule has 0 bridgehead atoms. The van der Waals surface area contributed by atoms with E-state index in [1.54, 1.807) is 0 Å². The fourth-order valence-electron chi connectivity index (χ4n) is 2.02. The first-order valence-corrected chi connectivity index (χ1v) is 8.73. The molecule has 2 rings (SSSR count). The standard InChI is InChI=1S/C13H15ClN6O6S/c1-25-20-9(6-4-27-13(17-6)18-7(21)2-14)11(23)19-8-5(16-10(8)22)3-26-12(15)24/h4-5,8H,2-3H2,1H3,(H2,15,24)(H,16,22)(H,19,23)(H,17,18,21)/t5-,8+/m1/s1. The first kappa shape index (κ1) is 20.4. The number of alkyl halides is 1. The minimum atomic E-state index is -1.00. The molecule has 0 spiro atoms. The Balaban J connectivity index is 2.07. The molecule has 1 aromatic rings. The normalized spacial score (nSPS) is 18.7. The number of ether oxygens (including phenoxy) is 1. The third-order valence-electron chi connectivity index (χ3n) is 3.22. The summed E-state index contributed by atoms with van der Waals surface area (Å²) in [6.07, 6.45) is -1.00. The Kier molecular flexibility index (Phi) is 6.90. The Morgan fingerprint density at radius 1 is 1.48 bits per heavy atom. The lowest BCUT2D eigenvalue weighted by atomic mass is 9.99. The van der Waals surface area contributed by atoms with E-state index in [2.05, 4.69) is 35.7 Å². The number of halogens is 1. The van der Waals surface area contributed by atoms with Gasteiger partial charge in [-0.3, -0.25) is 14.4 Å². The zero-order valence-electron chi connectivity index (χ0n) is 13.9. The molecule has 0 aromatic carbocycles. The maximum Gasteiger partial charge on any atom is 0.404 e. The third-order valence-corrected chi connectivity index (χ3v) is 4.22. The lowest BCUT2D eigenvalue weighted by Crippen LogP contribution is -2.71. The fourth-order valence-corrected chi connectivity index (χ4v) is 2.79. The molecule has 146 valence electrons. The Morgan fingerprint density at radius 2 is 2.22 bits per heavy atom. The molecule has 1 aromatic heterocycles. The number of hydrogen-bond donors (Lipinski definition) is 4. The number of anilines is 1. The highest BCUT2D eigenvalue weighted by molar-refractivity contribution is 7.14. The summed E-state index contributed by atoms with van der Waals surface area (Å²) < 4.78 is 4.61. The van der Waals surface area contributed by atoms with E-state index in [4.69, 9.17) is 17.3 Å². The molecule has 27 heavy (non-hydrogen) atoms. The molecule has 2 atom stereocenters. The maximum absolute atomic E-state index is 12.5. The van der Waals surface area contributed by atoms with Crippen molar-refractivity contribution in [2.45, 2.75) is 12.1 Å². The van der Waals surface area contributed by atoms with E-state index in [-0.39, 0.29) is 29.0 Å². The number of oxime groups is 1. The van der Waals surface area contributed by atoms with Crippen LogP contribution in [0.3, 0.4) is 0 Å². The lowest BCUT2D eigenvalue weighted by molar-refractivity contribution is -0.135. The summed E-state index contributed by atoms with van der Waals surface area (Å²) in [7, 11) is 1.23. The number of carbonyl (C=O) groups excluding carboxylic acids is 4. The number of primary amides is 1. The average molecular weight is 419 g/mol. The first-order valence-electron chi connectivity index (χ1n) is 7.32. The third kappa shape index (κ3) is 5.27. The molecule has 0 radical (unpaired) electrons. The van der Waals surface area contributed by atoms with Crippen molar-refractivity contribution in [2.24, 2.45) is 10.9 Å². The van der Waals surface area contributed by atoms with E-state index in [0.717, 1.165) is 11.3 Å². The van der Waals surface area contributed by atoms with Gasteiger partial charge in [-0.1, -0.05) is 5.16 Å². The van der Waals surface area contributed by atoms with Gasteiger partial charge in [0, 0.05) is 5.38 Å². The second-order valence-electron chi connectivity index (χ2n) is 5.04. The number of hydrogen-bond acceptors (Lipinski definition) is 9. The van der Waals surface area contributed by atoms with Gasteiger partial charge in [-0.2, -0.15) is 0 Å². The Morgan fingerprint density at radius 3 is 2.81 bits per heavy atom. The monoisotopic (exact) mass is 418 g/mol. The molecule has 1 aliphatic heterocycles. The van der Waals surface area contributed by atoms with E-state index in [0.29, 0.717) is 0 Å². The van der Waals surface area contributed by atoms with Crippen LogP contribution < -0.4 is 21.7 Å². The van der Waals surface area contributed by atoms with Crippen LogP contribution in [-0.4, -0.2) is 66.2 Å². The van der Waals surface area contributed by atoms with E-state index in [1.807, 2.05) is 0 Å². The van der Waals surface area contributed by atoms with Crippen molar-refractivity contribution in [3.8, 4) is 0 Å². The van der Waals surface area contributed by atoms with Crippen LogP contribution in [0.25, 0.3) is 0 Å². The fraction of sp³-hybridized carbons (Fsp3) is 0.385. The Hall–Kier alpha value is -2.93. The topological polar surface area (TPSA) is 174 Å². The van der Waals surface area contributed by atoms with Gasteiger partial charge in [0.1, 0.15) is 31.3 Å². The SMILES string of the molecule is CON=C(C(=O)N[C@@H]1C(=O)N[C@@H]1COC(N)=O)c1csc(NC(=O)CCl)n1. The molecular formula is C13H15ClN6O6S. The number of β-lactam (4-membered cyclic amide) rings is 1. The molecule has 4 amide bonds. The molecule has 2 heterocycles. The van der Waals surface area contributed by atoms with Crippen molar-refractivity contribution in [1.82, 2.24) is 15.6 Å². The van der Waals surface area contributed by atoms with Gasteiger partial charge < -0.3 is 31.3 Å². The molecule has 0 unspecified atom stereocenters. The van der Waals surface area contributed by atoms with Gasteiger partial charge in [0.15, 0.2) is 10.8 Å². The van der Waals surface area contributed by atoms with E-state index >= 15 is 0 Å². The van der Waals surface area contributed by atoms with Crippen molar-refractivity contribution in [2.75, 3.05) is 24.9 Å². The van der Waals surface area contributed by atoms with Crippen molar-refractivity contribution in [1.29, 1.82) is 0 Å². The molecule has 1 aliphatic rings. The number of rotatable bonds is 8. The number of carbonyl (C=O) groups is 4. The second-order valence-corrected chi connectivity index (χ2v) is 6.16. The van der Waals surface area contributed by atoms with Crippen LogP contribution in [0.1, 0.15) is 5.69 Å². The van der Waals surface area contributed by atoms with Crippen LogP contribution in [0.5, 0.6) is 0 Å².